The van der Waals surface area contributed by atoms with Gasteiger partial charge in [0.05, 0.1) is 23.3 Å². The highest BCUT2D eigenvalue weighted by molar-refractivity contribution is 7.15. The van der Waals surface area contributed by atoms with E-state index >= 15 is 0 Å². The lowest BCUT2D eigenvalue weighted by atomic mass is 9.81. The smallest absolute Gasteiger partial charge is 0.407 e. The quantitative estimate of drug-likeness (QED) is 0.357. The third-order valence-corrected chi connectivity index (χ3v) is 10.5. The van der Waals surface area contributed by atoms with Crippen molar-refractivity contribution in [3.8, 4) is 11.8 Å². The van der Waals surface area contributed by atoms with Crippen LogP contribution in [0.25, 0.3) is 0 Å². The molecule has 2 heterocycles. The van der Waals surface area contributed by atoms with Crippen LogP contribution in [0.4, 0.5) is 10.5 Å². The molecule has 3 saturated carbocycles. The molecule has 3 atom stereocenters. The topological polar surface area (TPSA) is 105 Å². The summed E-state index contributed by atoms with van der Waals surface area (Å²) in [6.45, 7) is 8.75. The maximum Gasteiger partial charge on any atom is 0.407 e. The number of carboxylic acids is 1. The SMILES string of the molecule is CC(C)(C)C#Cc1cc(N(C(=O)[C@H]2CC[C@H](C)CC2)C2CCC(NC(=O)O[C@H]3CO[C@H]4CCC[C@H]43)CC2)c(C(=O)O)s1. The Morgan fingerprint density at radius 1 is 1.05 bits per heavy atom. The molecule has 9 heteroatoms. The number of thiophene rings is 1. The van der Waals surface area contributed by atoms with E-state index in [2.05, 4.69) is 24.1 Å². The second kappa shape index (κ2) is 13.0. The predicted octanol–water partition coefficient (Wildman–Crippen LogP) is 6.61. The average molecular weight is 599 g/mol. The summed E-state index contributed by atoms with van der Waals surface area (Å²) in [6, 6.07) is 1.62. The van der Waals surface area contributed by atoms with Crippen molar-refractivity contribution in [1.82, 2.24) is 5.32 Å². The average Bonchev–Trinajstić information content (AvgIpc) is 3.66. The van der Waals surface area contributed by atoms with Crippen LogP contribution in [0.1, 0.15) is 113 Å². The number of rotatable bonds is 6. The lowest BCUT2D eigenvalue weighted by Crippen LogP contribution is -2.49. The maximum atomic E-state index is 14.1. The van der Waals surface area contributed by atoms with Gasteiger partial charge in [-0.15, -0.1) is 11.3 Å². The molecule has 2 N–H and O–H groups in total. The second-order valence-electron chi connectivity index (χ2n) is 13.9. The number of carbonyl (C=O) groups is 3. The molecule has 230 valence electrons. The minimum Gasteiger partial charge on any atom is -0.477 e. The number of hydrogen-bond donors (Lipinski definition) is 2. The largest absolute Gasteiger partial charge is 0.477 e. The van der Waals surface area contributed by atoms with E-state index in [9.17, 15) is 19.5 Å². The standard InChI is InChI=1S/C33H46N2O6S/c1-20-8-10-21(11-9-20)30(36)35(26-18-24(16-17-33(2,3)4)42-29(26)31(37)38)23-14-12-22(13-15-23)34-32(39)41-28-19-40-27-7-5-6-25(27)28/h18,20-23,25,27-28H,5-15,19H2,1-4H3,(H,34,39)(H,37,38)/t20-,21-,22?,23?,25-,27+,28+/m1/s1. The molecule has 1 aromatic heterocycles. The van der Waals surface area contributed by atoms with Gasteiger partial charge in [0, 0.05) is 29.3 Å². The molecule has 1 saturated heterocycles. The Kier molecular flexibility index (Phi) is 9.53. The van der Waals surface area contributed by atoms with E-state index < -0.39 is 12.1 Å². The van der Waals surface area contributed by atoms with Gasteiger partial charge in [0.25, 0.3) is 0 Å². The van der Waals surface area contributed by atoms with Gasteiger partial charge in [0.1, 0.15) is 11.0 Å². The Bertz CT molecular complexity index is 1210. The lowest BCUT2D eigenvalue weighted by Gasteiger charge is -2.39. The van der Waals surface area contributed by atoms with E-state index in [0.29, 0.717) is 54.7 Å². The van der Waals surface area contributed by atoms with Crippen molar-refractivity contribution in [2.75, 3.05) is 11.5 Å². The molecular weight excluding hydrogens is 552 g/mol. The van der Waals surface area contributed by atoms with Gasteiger partial charge in [-0.1, -0.05) is 25.2 Å². The van der Waals surface area contributed by atoms with Gasteiger partial charge in [0.2, 0.25) is 5.91 Å². The van der Waals surface area contributed by atoms with E-state index in [0.717, 1.165) is 56.3 Å². The number of fused-ring (bicyclic) bond motifs is 1. The summed E-state index contributed by atoms with van der Waals surface area (Å²) in [6.07, 6.45) is 9.28. The number of hydrogen-bond acceptors (Lipinski definition) is 6. The number of alkyl carbamates (subject to hydrolysis) is 1. The molecule has 0 unspecified atom stereocenters. The Hall–Kier alpha value is -2.57. The summed E-state index contributed by atoms with van der Waals surface area (Å²) in [4.78, 5) is 41.9. The fourth-order valence-electron chi connectivity index (χ4n) is 7.09. The van der Waals surface area contributed by atoms with Crippen LogP contribution in [-0.4, -0.2) is 54.0 Å². The molecule has 0 spiro atoms. The summed E-state index contributed by atoms with van der Waals surface area (Å²) in [5.41, 5.74) is 0.246. The van der Waals surface area contributed by atoms with E-state index in [4.69, 9.17) is 9.47 Å². The first-order valence-corrected chi connectivity index (χ1v) is 16.6. The van der Waals surface area contributed by atoms with Crippen LogP contribution in [-0.2, 0) is 14.3 Å². The normalized spacial score (nSPS) is 31.0. The van der Waals surface area contributed by atoms with Crippen molar-refractivity contribution in [1.29, 1.82) is 0 Å². The third kappa shape index (κ3) is 7.31. The van der Waals surface area contributed by atoms with E-state index in [1.165, 1.54) is 0 Å². The second-order valence-corrected chi connectivity index (χ2v) is 14.9. The molecule has 0 bridgehead atoms. The summed E-state index contributed by atoms with van der Waals surface area (Å²) in [7, 11) is 0. The monoisotopic (exact) mass is 598 g/mol. The van der Waals surface area contributed by atoms with Crippen molar-refractivity contribution in [2.45, 2.75) is 123 Å². The van der Waals surface area contributed by atoms with Gasteiger partial charge in [0.15, 0.2) is 0 Å². The molecule has 3 aliphatic carbocycles. The van der Waals surface area contributed by atoms with Gasteiger partial charge in [-0.2, -0.15) is 0 Å². The van der Waals surface area contributed by atoms with E-state index in [-0.39, 0.29) is 46.4 Å². The summed E-state index contributed by atoms with van der Waals surface area (Å²) in [5.74, 6) is 6.15. The Morgan fingerprint density at radius 3 is 2.43 bits per heavy atom. The van der Waals surface area contributed by atoms with Crippen molar-refractivity contribution < 1.29 is 29.0 Å². The van der Waals surface area contributed by atoms with Gasteiger partial charge in [-0.25, -0.2) is 9.59 Å². The van der Waals surface area contributed by atoms with Gasteiger partial charge in [-0.05, 0) is 97.0 Å². The maximum absolute atomic E-state index is 14.1. The van der Waals surface area contributed by atoms with E-state index in [1.807, 2.05) is 20.8 Å². The van der Waals surface area contributed by atoms with Crippen molar-refractivity contribution in [3.05, 3.63) is 15.8 Å². The van der Waals surface area contributed by atoms with Crippen LogP contribution in [0, 0.1) is 35.0 Å². The number of ether oxygens (including phenoxy) is 2. The number of amides is 2. The zero-order valence-corrected chi connectivity index (χ0v) is 26.3. The highest BCUT2D eigenvalue weighted by Crippen LogP contribution is 2.40. The number of nitrogens with one attached hydrogen (secondary N) is 1. The Labute approximate surface area is 253 Å². The summed E-state index contributed by atoms with van der Waals surface area (Å²) >= 11 is 1.14. The molecule has 5 rings (SSSR count). The molecule has 2 amide bonds. The Balaban J connectivity index is 1.30. The minimum absolute atomic E-state index is 0.0284. The van der Waals surface area contributed by atoms with Crippen molar-refractivity contribution in [2.24, 2.45) is 23.2 Å². The fraction of sp³-hybridized carbons (Fsp3) is 0.727. The van der Waals surface area contributed by atoms with Crippen LogP contribution >= 0.6 is 11.3 Å². The first-order chi connectivity index (χ1) is 20.0. The molecule has 4 aliphatic rings. The van der Waals surface area contributed by atoms with Crippen LogP contribution in [0.15, 0.2) is 6.07 Å². The van der Waals surface area contributed by atoms with Gasteiger partial charge in [-0.3, -0.25) is 4.79 Å². The molecule has 0 radical (unpaired) electrons. The highest BCUT2D eigenvalue weighted by Gasteiger charge is 2.43. The minimum atomic E-state index is -1.03. The van der Waals surface area contributed by atoms with Gasteiger partial charge >= 0.3 is 12.1 Å². The fourth-order valence-corrected chi connectivity index (χ4v) is 7.93. The summed E-state index contributed by atoms with van der Waals surface area (Å²) in [5, 5.41) is 13.2. The zero-order valence-electron chi connectivity index (χ0n) is 25.4. The van der Waals surface area contributed by atoms with Gasteiger partial charge < -0.3 is 24.8 Å². The predicted molar refractivity (Wildman–Crippen MR) is 163 cm³/mol. The number of carbonyl (C=O) groups excluding carboxylic acids is 2. The van der Waals surface area contributed by atoms with Crippen LogP contribution < -0.4 is 10.2 Å². The number of anilines is 1. The van der Waals surface area contributed by atoms with Crippen LogP contribution in [0.5, 0.6) is 0 Å². The van der Waals surface area contributed by atoms with Crippen LogP contribution in [0.2, 0.25) is 0 Å². The molecule has 1 aliphatic heterocycles. The first kappa shape index (κ1) is 30.9. The molecule has 42 heavy (non-hydrogen) atoms. The summed E-state index contributed by atoms with van der Waals surface area (Å²) < 4.78 is 11.6. The molecule has 8 nitrogen and oxygen atoms in total. The van der Waals surface area contributed by atoms with Crippen molar-refractivity contribution >= 4 is 35.0 Å². The highest BCUT2D eigenvalue weighted by atomic mass is 32.1. The first-order valence-electron chi connectivity index (χ1n) is 15.8. The molecular formula is C33H46N2O6S. The molecule has 4 fully saturated rings. The number of carboxylic acid groups (broad SMARTS) is 1. The van der Waals surface area contributed by atoms with E-state index in [1.54, 1.807) is 11.0 Å². The Morgan fingerprint density at radius 2 is 1.76 bits per heavy atom. The number of nitrogens with zero attached hydrogens (tertiary/aromatic N) is 1. The van der Waals surface area contributed by atoms with Crippen LogP contribution in [0.3, 0.4) is 0 Å². The zero-order chi connectivity index (χ0) is 30.0. The molecule has 1 aromatic rings. The number of aromatic carboxylic acids is 1. The lowest BCUT2D eigenvalue weighted by molar-refractivity contribution is -0.124. The van der Waals surface area contributed by atoms with Crippen molar-refractivity contribution in [3.63, 3.8) is 0 Å². The third-order valence-electron chi connectivity index (χ3n) is 9.43. The molecule has 0 aromatic carbocycles.